The molecule has 1 amide bonds. The average Bonchev–Trinajstić information content (AvgIpc) is 2.52. The van der Waals surface area contributed by atoms with Crippen LogP contribution in [0.5, 0.6) is 0 Å². The van der Waals surface area contributed by atoms with Crippen LogP contribution in [0, 0.1) is 5.82 Å². The molecule has 1 atom stereocenters. The fourth-order valence-electron chi connectivity index (χ4n) is 2.83. The minimum absolute atomic E-state index is 0.0993. The van der Waals surface area contributed by atoms with Crippen molar-refractivity contribution in [2.24, 2.45) is 0 Å². The molecule has 4 nitrogen and oxygen atoms in total. The summed E-state index contributed by atoms with van der Waals surface area (Å²) in [6.07, 6.45) is 4.28. The van der Waals surface area contributed by atoms with E-state index in [1.807, 2.05) is 6.07 Å². The van der Waals surface area contributed by atoms with Gasteiger partial charge >= 0.3 is 0 Å². The summed E-state index contributed by atoms with van der Waals surface area (Å²) >= 11 is 0. The lowest BCUT2D eigenvalue weighted by molar-refractivity contribution is -0.122. The maximum Gasteiger partial charge on any atom is 0.220 e. The second-order valence-corrected chi connectivity index (χ2v) is 5.78. The summed E-state index contributed by atoms with van der Waals surface area (Å²) in [5.74, 6) is -0.121. The summed E-state index contributed by atoms with van der Waals surface area (Å²) in [6, 6.07) is 6.79. The van der Waals surface area contributed by atoms with Gasteiger partial charge in [-0.3, -0.25) is 4.79 Å². The van der Waals surface area contributed by atoms with Gasteiger partial charge in [-0.05, 0) is 43.9 Å². The van der Waals surface area contributed by atoms with Gasteiger partial charge in [-0.25, -0.2) is 4.39 Å². The third kappa shape index (κ3) is 5.30. The number of nitrogens with one attached hydrogen (secondary N) is 1. The Morgan fingerprint density at radius 2 is 2.32 bits per heavy atom. The number of carbonyl (C=O) groups excluding carboxylic acids is 1. The standard InChI is InChI=1S/C17H25FN2O2/c1-22-11-3-2-9-17(21)19-15-7-5-10-20(13-15)16-8-4-6-14(18)12-16/h4,6,8,12,15H,2-3,5,7,9-11,13H2,1H3,(H,19,21)/t15-/m0/s1. The number of rotatable bonds is 7. The lowest BCUT2D eigenvalue weighted by Gasteiger charge is -2.34. The zero-order chi connectivity index (χ0) is 15.8. The SMILES string of the molecule is COCCCCC(=O)N[C@H]1CCCN(c2cccc(F)c2)C1. The van der Waals surface area contributed by atoms with Crippen LogP contribution in [-0.2, 0) is 9.53 Å². The van der Waals surface area contributed by atoms with Crippen LogP contribution < -0.4 is 10.2 Å². The molecule has 1 aromatic rings. The zero-order valence-corrected chi connectivity index (χ0v) is 13.2. The summed E-state index contributed by atoms with van der Waals surface area (Å²) in [7, 11) is 1.67. The molecular formula is C17H25FN2O2. The number of amides is 1. The van der Waals surface area contributed by atoms with Crippen molar-refractivity contribution in [1.82, 2.24) is 5.32 Å². The topological polar surface area (TPSA) is 41.6 Å². The molecule has 0 aromatic heterocycles. The largest absolute Gasteiger partial charge is 0.385 e. The van der Waals surface area contributed by atoms with Crippen LogP contribution in [0.1, 0.15) is 32.1 Å². The van der Waals surface area contributed by atoms with E-state index in [4.69, 9.17) is 4.74 Å². The monoisotopic (exact) mass is 308 g/mol. The van der Waals surface area contributed by atoms with Crippen LogP contribution in [0.2, 0.25) is 0 Å². The van der Waals surface area contributed by atoms with Gasteiger partial charge in [0.15, 0.2) is 0 Å². The van der Waals surface area contributed by atoms with Gasteiger partial charge in [-0.1, -0.05) is 6.07 Å². The number of hydrogen-bond acceptors (Lipinski definition) is 3. The fraction of sp³-hybridized carbons (Fsp3) is 0.588. The van der Waals surface area contributed by atoms with E-state index in [0.717, 1.165) is 44.5 Å². The van der Waals surface area contributed by atoms with Crippen LogP contribution in [0.4, 0.5) is 10.1 Å². The molecule has 1 saturated heterocycles. The first-order chi connectivity index (χ1) is 10.7. The summed E-state index contributed by atoms with van der Waals surface area (Å²) in [5.41, 5.74) is 0.888. The highest BCUT2D eigenvalue weighted by Gasteiger charge is 2.21. The number of piperidine rings is 1. The number of carbonyl (C=O) groups is 1. The van der Waals surface area contributed by atoms with Crippen LogP contribution in [0.3, 0.4) is 0 Å². The molecule has 2 rings (SSSR count). The van der Waals surface area contributed by atoms with Gasteiger partial charge in [0.2, 0.25) is 5.91 Å². The molecule has 1 heterocycles. The molecule has 0 aliphatic carbocycles. The zero-order valence-electron chi connectivity index (χ0n) is 13.2. The normalized spacial score (nSPS) is 18.3. The second kappa shape index (κ2) is 8.73. The molecule has 1 aromatic carbocycles. The Balaban J connectivity index is 1.79. The average molecular weight is 308 g/mol. The summed E-state index contributed by atoms with van der Waals surface area (Å²) in [4.78, 5) is 14.1. The van der Waals surface area contributed by atoms with E-state index in [2.05, 4.69) is 10.2 Å². The number of halogens is 1. The van der Waals surface area contributed by atoms with Crippen molar-refractivity contribution in [3.8, 4) is 0 Å². The van der Waals surface area contributed by atoms with Crippen molar-refractivity contribution in [3.05, 3.63) is 30.1 Å². The van der Waals surface area contributed by atoms with Gasteiger partial charge in [0.1, 0.15) is 5.82 Å². The Bertz CT molecular complexity index is 481. The molecule has 22 heavy (non-hydrogen) atoms. The third-order valence-electron chi connectivity index (χ3n) is 3.96. The van der Waals surface area contributed by atoms with Crippen LogP contribution in [-0.4, -0.2) is 38.8 Å². The highest BCUT2D eigenvalue weighted by molar-refractivity contribution is 5.76. The maximum atomic E-state index is 13.3. The predicted molar refractivity (Wildman–Crippen MR) is 85.5 cm³/mol. The molecular weight excluding hydrogens is 283 g/mol. The molecule has 1 aliphatic rings. The number of methoxy groups -OCH3 is 1. The summed E-state index contributed by atoms with van der Waals surface area (Å²) in [6.45, 7) is 2.35. The molecule has 1 fully saturated rings. The fourth-order valence-corrected chi connectivity index (χ4v) is 2.83. The Morgan fingerprint density at radius 1 is 1.45 bits per heavy atom. The highest BCUT2D eigenvalue weighted by atomic mass is 19.1. The Labute approximate surface area is 131 Å². The lowest BCUT2D eigenvalue weighted by atomic mass is 10.0. The van der Waals surface area contributed by atoms with Crippen LogP contribution >= 0.6 is 0 Å². The van der Waals surface area contributed by atoms with Crippen molar-refractivity contribution in [1.29, 1.82) is 0 Å². The Kier molecular flexibility index (Phi) is 6.65. The van der Waals surface area contributed by atoms with Gasteiger partial charge in [0.05, 0.1) is 0 Å². The third-order valence-corrected chi connectivity index (χ3v) is 3.96. The minimum atomic E-state index is -0.221. The number of nitrogens with zero attached hydrogens (tertiary/aromatic N) is 1. The van der Waals surface area contributed by atoms with Gasteiger partial charge < -0.3 is 15.0 Å². The van der Waals surface area contributed by atoms with Gasteiger partial charge in [-0.2, -0.15) is 0 Å². The van der Waals surface area contributed by atoms with Crippen molar-refractivity contribution in [3.63, 3.8) is 0 Å². The van der Waals surface area contributed by atoms with Crippen molar-refractivity contribution < 1.29 is 13.9 Å². The number of unbranched alkanes of at least 4 members (excludes halogenated alkanes) is 1. The first-order valence-electron chi connectivity index (χ1n) is 7.98. The van der Waals surface area contributed by atoms with Crippen LogP contribution in [0.15, 0.2) is 24.3 Å². The second-order valence-electron chi connectivity index (χ2n) is 5.78. The van der Waals surface area contributed by atoms with E-state index in [-0.39, 0.29) is 17.8 Å². The molecule has 0 radical (unpaired) electrons. The van der Waals surface area contributed by atoms with E-state index < -0.39 is 0 Å². The van der Waals surface area contributed by atoms with Gasteiger partial charge in [0.25, 0.3) is 0 Å². The Hall–Kier alpha value is -1.62. The molecule has 0 bridgehead atoms. The maximum absolute atomic E-state index is 13.3. The molecule has 0 saturated carbocycles. The van der Waals surface area contributed by atoms with Crippen molar-refractivity contribution >= 4 is 11.6 Å². The van der Waals surface area contributed by atoms with E-state index in [9.17, 15) is 9.18 Å². The number of ether oxygens (including phenoxy) is 1. The Morgan fingerprint density at radius 3 is 3.09 bits per heavy atom. The summed E-state index contributed by atoms with van der Waals surface area (Å²) < 4.78 is 18.3. The smallest absolute Gasteiger partial charge is 0.220 e. The van der Waals surface area contributed by atoms with E-state index in [0.29, 0.717) is 13.0 Å². The van der Waals surface area contributed by atoms with E-state index >= 15 is 0 Å². The minimum Gasteiger partial charge on any atom is -0.385 e. The highest BCUT2D eigenvalue weighted by Crippen LogP contribution is 2.20. The van der Waals surface area contributed by atoms with Gasteiger partial charge in [0, 0.05) is 45.0 Å². The molecule has 122 valence electrons. The van der Waals surface area contributed by atoms with Crippen LogP contribution in [0.25, 0.3) is 0 Å². The predicted octanol–water partition coefficient (Wildman–Crippen LogP) is 2.73. The molecule has 0 spiro atoms. The van der Waals surface area contributed by atoms with Crippen molar-refractivity contribution in [2.45, 2.75) is 38.1 Å². The molecule has 1 N–H and O–H groups in total. The van der Waals surface area contributed by atoms with E-state index in [1.165, 1.54) is 6.07 Å². The lowest BCUT2D eigenvalue weighted by Crippen LogP contribution is -2.47. The quantitative estimate of drug-likeness (QED) is 0.788. The summed E-state index contributed by atoms with van der Waals surface area (Å²) in [5, 5.41) is 3.09. The number of anilines is 1. The first kappa shape index (κ1) is 16.7. The van der Waals surface area contributed by atoms with Gasteiger partial charge in [-0.15, -0.1) is 0 Å². The number of hydrogen-bond donors (Lipinski definition) is 1. The molecule has 5 heteroatoms. The van der Waals surface area contributed by atoms with Crippen molar-refractivity contribution in [2.75, 3.05) is 31.7 Å². The molecule has 0 unspecified atom stereocenters. The molecule has 1 aliphatic heterocycles. The first-order valence-corrected chi connectivity index (χ1v) is 7.98. The number of benzene rings is 1. The van der Waals surface area contributed by atoms with E-state index in [1.54, 1.807) is 19.2 Å².